The summed E-state index contributed by atoms with van der Waals surface area (Å²) in [7, 11) is -3.28. The van der Waals surface area contributed by atoms with Crippen molar-refractivity contribution >= 4 is 31.7 Å². The Balaban J connectivity index is 2.46. The highest BCUT2D eigenvalue weighted by Gasteiger charge is 2.27. The molecule has 0 bridgehead atoms. The molecule has 1 N–H and O–H groups in total. The van der Waals surface area contributed by atoms with E-state index in [0.717, 1.165) is 31.9 Å². The zero-order valence-electron chi connectivity index (χ0n) is 9.57. The number of carbonyl (C=O) groups is 1. The first-order valence-electron chi connectivity index (χ1n) is 5.44. The van der Waals surface area contributed by atoms with Gasteiger partial charge in [-0.15, -0.1) is 0 Å². The van der Waals surface area contributed by atoms with E-state index in [1.807, 2.05) is 0 Å². The van der Waals surface area contributed by atoms with Crippen LogP contribution in [0, 0.1) is 0 Å². The minimum Gasteiger partial charge on any atom is -0.352 e. The van der Waals surface area contributed by atoms with Gasteiger partial charge in [0.1, 0.15) is 5.25 Å². The summed E-state index contributed by atoms with van der Waals surface area (Å²) in [5.74, 6) is -0.375. The van der Waals surface area contributed by atoms with Crippen molar-refractivity contribution in [3.8, 4) is 0 Å². The fraction of sp³-hybridized carbons (Fsp3) is 0.900. The van der Waals surface area contributed by atoms with Gasteiger partial charge in [0.2, 0.25) is 5.91 Å². The Morgan fingerprint density at radius 3 is 2.25 bits per heavy atom. The fourth-order valence-electron chi connectivity index (χ4n) is 1.71. The predicted molar refractivity (Wildman–Crippen MR) is 67.4 cm³/mol. The van der Waals surface area contributed by atoms with Gasteiger partial charge in [-0.2, -0.15) is 0 Å². The first kappa shape index (κ1) is 14.0. The Morgan fingerprint density at radius 2 is 1.81 bits per heavy atom. The van der Waals surface area contributed by atoms with E-state index in [1.54, 1.807) is 0 Å². The lowest BCUT2D eigenvalue weighted by Crippen LogP contribution is -2.44. The van der Waals surface area contributed by atoms with Crippen LogP contribution in [0.2, 0.25) is 0 Å². The number of carbonyl (C=O) groups excluding carboxylic acids is 1. The summed E-state index contributed by atoms with van der Waals surface area (Å²) in [6.07, 6.45) is 4.97. The van der Waals surface area contributed by atoms with Crippen LogP contribution in [0.3, 0.4) is 0 Å². The maximum atomic E-state index is 11.6. The van der Waals surface area contributed by atoms with E-state index in [-0.39, 0.29) is 11.9 Å². The van der Waals surface area contributed by atoms with E-state index in [1.165, 1.54) is 6.92 Å². The Labute approximate surface area is 105 Å². The van der Waals surface area contributed by atoms with Crippen molar-refractivity contribution in [1.82, 2.24) is 5.32 Å². The molecule has 1 aliphatic rings. The maximum absolute atomic E-state index is 11.6. The first-order chi connectivity index (χ1) is 7.30. The number of hydrogen-bond donors (Lipinski definition) is 1. The highest BCUT2D eigenvalue weighted by atomic mass is 79.9. The van der Waals surface area contributed by atoms with Gasteiger partial charge in [-0.05, 0) is 32.6 Å². The molecule has 6 heteroatoms. The van der Waals surface area contributed by atoms with Crippen molar-refractivity contribution < 1.29 is 13.2 Å². The summed E-state index contributed by atoms with van der Waals surface area (Å²) >= 11 is 3.53. The molecule has 0 aromatic carbocycles. The molecule has 1 unspecified atom stereocenters. The van der Waals surface area contributed by atoms with E-state index in [0.29, 0.717) is 4.83 Å². The Bertz CT molecular complexity index is 347. The van der Waals surface area contributed by atoms with Crippen molar-refractivity contribution in [2.75, 3.05) is 6.26 Å². The van der Waals surface area contributed by atoms with Crippen LogP contribution in [-0.2, 0) is 14.6 Å². The van der Waals surface area contributed by atoms with Gasteiger partial charge in [-0.3, -0.25) is 4.79 Å². The number of halogens is 1. The molecule has 1 aliphatic carbocycles. The van der Waals surface area contributed by atoms with E-state index in [4.69, 9.17) is 0 Å². The lowest BCUT2D eigenvalue weighted by Gasteiger charge is -2.26. The molecule has 1 amide bonds. The van der Waals surface area contributed by atoms with Crippen molar-refractivity contribution in [2.45, 2.75) is 48.7 Å². The second kappa shape index (κ2) is 5.49. The molecule has 0 radical (unpaired) electrons. The average Bonchev–Trinajstić information content (AvgIpc) is 2.19. The molecule has 1 saturated carbocycles. The molecule has 94 valence electrons. The molecule has 1 rings (SSSR count). The summed E-state index contributed by atoms with van der Waals surface area (Å²) < 4.78 is 22.4. The van der Waals surface area contributed by atoms with Crippen LogP contribution >= 0.6 is 15.9 Å². The molecule has 4 nitrogen and oxygen atoms in total. The van der Waals surface area contributed by atoms with Crippen LogP contribution in [0.25, 0.3) is 0 Å². The summed E-state index contributed by atoms with van der Waals surface area (Å²) in [6, 6.07) is 0.130. The normalized spacial score (nSPS) is 28.4. The third kappa shape index (κ3) is 4.05. The monoisotopic (exact) mass is 311 g/mol. The lowest BCUT2D eigenvalue weighted by atomic mass is 9.95. The van der Waals surface area contributed by atoms with Crippen molar-refractivity contribution in [2.24, 2.45) is 0 Å². The van der Waals surface area contributed by atoms with Gasteiger partial charge in [0.25, 0.3) is 0 Å². The molecule has 0 heterocycles. The second-order valence-corrected chi connectivity index (χ2v) is 8.09. The molecule has 1 atom stereocenters. The molecular weight excluding hydrogens is 294 g/mol. The molecule has 0 aromatic heterocycles. The van der Waals surface area contributed by atoms with Gasteiger partial charge in [0.15, 0.2) is 9.84 Å². The third-order valence-electron chi connectivity index (χ3n) is 3.01. The van der Waals surface area contributed by atoms with E-state index in [9.17, 15) is 13.2 Å². The van der Waals surface area contributed by atoms with Gasteiger partial charge in [-0.25, -0.2) is 8.42 Å². The molecule has 0 aromatic rings. The van der Waals surface area contributed by atoms with Crippen molar-refractivity contribution in [3.63, 3.8) is 0 Å². The Hall–Kier alpha value is -0.100. The minimum atomic E-state index is -3.28. The third-order valence-corrected chi connectivity index (χ3v) is 5.43. The topological polar surface area (TPSA) is 63.2 Å². The SMILES string of the molecule is CC(C(=O)NC1CCC(Br)CC1)S(C)(=O)=O. The van der Waals surface area contributed by atoms with E-state index >= 15 is 0 Å². The van der Waals surface area contributed by atoms with Crippen molar-refractivity contribution in [3.05, 3.63) is 0 Å². The largest absolute Gasteiger partial charge is 0.352 e. The maximum Gasteiger partial charge on any atom is 0.238 e. The van der Waals surface area contributed by atoms with Gasteiger partial charge in [-0.1, -0.05) is 15.9 Å². The van der Waals surface area contributed by atoms with Crippen LogP contribution < -0.4 is 5.32 Å². The highest BCUT2D eigenvalue weighted by molar-refractivity contribution is 9.09. The molecule has 0 aliphatic heterocycles. The quantitative estimate of drug-likeness (QED) is 0.798. The zero-order chi connectivity index (χ0) is 12.3. The number of sulfone groups is 1. The molecule has 0 saturated heterocycles. The molecule has 16 heavy (non-hydrogen) atoms. The number of nitrogens with one attached hydrogen (secondary N) is 1. The fourth-order valence-corrected chi connectivity index (χ4v) is 2.70. The summed E-state index contributed by atoms with van der Waals surface area (Å²) in [4.78, 5) is 12.2. The van der Waals surface area contributed by atoms with Gasteiger partial charge in [0.05, 0.1) is 0 Å². The summed E-state index contributed by atoms with van der Waals surface area (Å²) in [5, 5.41) is 1.86. The van der Waals surface area contributed by atoms with Crippen LogP contribution in [-0.4, -0.2) is 36.7 Å². The predicted octanol–water partition coefficient (Wildman–Crippen LogP) is 1.24. The molecular formula is C10H18BrNO3S. The number of amides is 1. The number of alkyl halides is 1. The van der Waals surface area contributed by atoms with E-state index < -0.39 is 15.1 Å². The highest BCUT2D eigenvalue weighted by Crippen LogP contribution is 2.24. The van der Waals surface area contributed by atoms with Crippen LogP contribution in [0.4, 0.5) is 0 Å². The van der Waals surface area contributed by atoms with Crippen LogP contribution in [0.1, 0.15) is 32.6 Å². The minimum absolute atomic E-state index is 0.130. The van der Waals surface area contributed by atoms with Gasteiger partial charge in [0, 0.05) is 17.1 Å². The van der Waals surface area contributed by atoms with Gasteiger partial charge >= 0.3 is 0 Å². The smallest absolute Gasteiger partial charge is 0.238 e. The Morgan fingerprint density at radius 1 is 1.31 bits per heavy atom. The van der Waals surface area contributed by atoms with Gasteiger partial charge < -0.3 is 5.32 Å². The average molecular weight is 312 g/mol. The number of rotatable bonds is 3. The van der Waals surface area contributed by atoms with Crippen LogP contribution in [0.15, 0.2) is 0 Å². The molecule has 0 spiro atoms. The molecule has 1 fully saturated rings. The van der Waals surface area contributed by atoms with E-state index in [2.05, 4.69) is 21.2 Å². The number of hydrogen-bond acceptors (Lipinski definition) is 3. The first-order valence-corrected chi connectivity index (χ1v) is 8.31. The second-order valence-electron chi connectivity index (χ2n) is 4.43. The summed E-state index contributed by atoms with van der Waals surface area (Å²) in [6.45, 7) is 1.43. The standard InChI is InChI=1S/C10H18BrNO3S/c1-7(16(2,14)15)10(13)12-9-5-3-8(11)4-6-9/h7-9H,3-6H2,1-2H3,(H,12,13). The summed E-state index contributed by atoms with van der Waals surface area (Å²) in [5.41, 5.74) is 0. The van der Waals surface area contributed by atoms with Crippen LogP contribution in [0.5, 0.6) is 0 Å². The lowest BCUT2D eigenvalue weighted by molar-refractivity contribution is -0.121. The zero-order valence-corrected chi connectivity index (χ0v) is 12.0. The van der Waals surface area contributed by atoms with Crippen molar-refractivity contribution in [1.29, 1.82) is 0 Å². The Kier molecular flexibility index (Phi) is 4.79.